The van der Waals surface area contributed by atoms with Gasteiger partial charge in [0.1, 0.15) is 6.04 Å². The number of amides is 2. The number of hydrogen-bond donors (Lipinski definition) is 2. The van der Waals surface area contributed by atoms with Crippen LogP contribution in [0.2, 0.25) is 0 Å². The highest BCUT2D eigenvalue weighted by Crippen LogP contribution is 2.15. The predicted octanol–water partition coefficient (Wildman–Crippen LogP) is 1.02. The molecular formula is C19H26N2O6. The molecule has 0 heterocycles. The maximum atomic E-state index is 12.6. The Morgan fingerprint density at radius 3 is 2.04 bits per heavy atom. The highest BCUT2D eigenvalue weighted by Gasteiger charge is 2.37. The number of carbonyl (C=O) groups excluding carboxylic acids is 4. The molecule has 2 atom stereocenters. The van der Waals surface area contributed by atoms with Crippen LogP contribution in [0.25, 0.3) is 0 Å². The average molecular weight is 378 g/mol. The van der Waals surface area contributed by atoms with Gasteiger partial charge >= 0.3 is 11.9 Å². The van der Waals surface area contributed by atoms with Gasteiger partial charge in [0.15, 0.2) is 0 Å². The van der Waals surface area contributed by atoms with Gasteiger partial charge in [0.25, 0.3) is 5.91 Å². The second-order valence-electron chi connectivity index (χ2n) is 6.10. The summed E-state index contributed by atoms with van der Waals surface area (Å²) in [7, 11) is 0. The zero-order valence-electron chi connectivity index (χ0n) is 16.0. The minimum atomic E-state index is -1.42. The third kappa shape index (κ3) is 6.73. The molecule has 0 aliphatic heterocycles. The minimum Gasteiger partial charge on any atom is -0.466 e. The Morgan fingerprint density at radius 1 is 1.00 bits per heavy atom. The van der Waals surface area contributed by atoms with Gasteiger partial charge in [-0.2, -0.15) is 0 Å². The van der Waals surface area contributed by atoms with Gasteiger partial charge in [-0.15, -0.1) is 0 Å². The van der Waals surface area contributed by atoms with Crippen LogP contribution in [0.15, 0.2) is 18.2 Å². The second-order valence-corrected chi connectivity index (χ2v) is 6.10. The summed E-state index contributed by atoms with van der Waals surface area (Å²) in [5.41, 5.74) is 7.44. The number of esters is 2. The molecule has 27 heavy (non-hydrogen) atoms. The van der Waals surface area contributed by atoms with E-state index in [0.29, 0.717) is 5.56 Å². The van der Waals surface area contributed by atoms with Crippen molar-refractivity contribution in [2.45, 2.75) is 40.2 Å². The first-order valence-electron chi connectivity index (χ1n) is 8.70. The Balaban J connectivity index is 3.11. The van der Waals surface area contributed by atoms with Crippen molar-refractivity contribution in [3.8, 4) is 0 Å². The van der Waals surface area contributed by atoms with Gasteiger partial charge in [0, 0.05) is 5.56 Å². The molecule has 0 aliphatic rings. The SMILES string of the molecule is CCOC(=O)C[C@H](C(=O)OCC)[C@@H](NC(=O)c1cc(C)cc(C)c1)C(N)=O. The van der Waals surface area contributed by atoms with E-state index in [2.05, 4.69) is 5.32 Å². The van der Waals surface area contributed by atoms with Crippen molar-refractivity contribution >= 4 is 23.8 Å². The molecular weight excluding hydrogens is 352 g/mol. The fourth-order valence-electron chi connectivity index (χ4n) is 2.69. The van der Waals surface area contributed by atoms with Crippen LogP contribution < -0.4 is 11.1 Å². The molecule has 0 fully saturated rings. The van der Waals surface area contributed by atoms with Gasteiger partial charge in [-0.25, -0.2) is 0 Å². The number of primary amides is 1. The van der Waals surface area contributed by atoms with E-state index in [1.54, 1.807) is 26.0 Å². The first kappa shape index (κ1) is 22.1. The molecule has 1 aromatic carbocycles. The van der Waals surface area contributed by atoms with E-state index >= 15 is 0 Å². The van der Waals surface area contributed by atoms with Crippen molar-refractivity contribution < 1.29 is 28.7 Å². The number of aryl methyl sites for hydroxylation is 2. The molecule has 3 N–H and O–H groups in total. The van der Waals surface area contributed by atoms with E-state index in [1.165, 1.54) is 0 Å². The van der Waals surface area contributed by atoms with Gasteiger partial charge in [-0.05, 0) is 39.8 Å². The molecule has 0 saturated carbocycles. The maximum Gasteiger partial charge on any atom is 0.312 e. The van der Waals surface area contributed by atoms with Crippen LogP contribution in [0.3, 0.4) is 0 Å². The Labute approximate surface area is 158 Å². The second kappa shape index (κ2) is 10.3. The number of carbonyl (C=O) groups is 4. The molecule has 1 aromatic rings. The van der Waals surface area contributed by atoms with Gasteiger partial charge in [-0.1, -0.05) is 17.2 Å². The standard InChI is InChI=1S/C19H26N2O6/c1-5-26-15(22)10-14(19(25)27-6-2)16(17(20)23)21-18(24)13-8-11(3)7-12(4)9-13/h7-9,14,16H,5-6,10H2,1-4H3,(H2,20,23)(H,21,24)/t14-,16+/m0/s1. The van der Waals surface area contributed by atoms with Crippen LogP contribution in [-0.4, -0.2) is 43.0 Å². The lowest BCUT2D eigenvalue weighted by Crippen LogP contribution is -2.52. The third-order valence-electron chi connectivity index (χ3n) is 3.76. The summed E-state index contributed by atoms with van der Waals surface area (Å²) in [6.07, 6.45) is -0.437. The van der Waals surface area contributed by atoms with Crippen LogP contribution >= 0.6 is 0 Å². The molecule has 0 radical (unpaired) electrons. The lowest BCUT2D eigenvalue weighted by atomic mass is 9.94. The largest absolute Gasteiger partial charge is 0.466 e. The molecule has 0 aliphatic carbocycles. The van der Waals surface area contributed by atoms with Gasteiger partial charge in [0.2, 0.25) is 5.91 Å². The number of nitrogens with one attached hydrogen (secondary N) is 1. The number of nitrogens with two attached hydrogens (primary N) is 1. The zero-order valence-corrected chi connectivity index (χ0v) is 16.0. The summed E-state index contributed by atoms with van der Waals surface area (Å²) in [4.78, 5) is 48.6. The van der Waals surface area contributed by atoms with E-state index < -0.39 is 42.1 Å². The van der Waals surface area contributed by atoms with Gasteiger partial charge in [-0.3, -0.25) is 19.2 Å². The van der Waals surface area contributed by atoms with Crippen LogP contribution in [0.4, 0.5) is 0 Å². The Kier molecular flexibility index (Phi) is 8.44. The van der Waals surface area contributed by atoms with Crippen molar-refractivity contribution in [3.63, 3.8) is 0 Å². The van der Waals surface area contributed by atoms with Crippen molar-refractivity contribution in [2.75, 3.05) is 13.2 Å². The van der Waals surface area contributed by atoms with Crippen molar-refractivity contribution in [1.29, 1.82) is 0 Å². The van der Waals surface area contributed by atoms with Crippen LogP contribution in [0, 0.1) is 19.8 Å². The maximum absolute atomic E-state index is 12.6. The molecule has 1 rings (SSSR count). The minimum absolute atomic E-state index is 0.0503. The number of ether oxygens (including phenoxy) is 2. The highest BCUT2D eigenvalue weighted by molar-refractivity contribution is 5.99. The Morgan fingerprint density at radius 2 is 1.56 bits per heavy atom. The van der Waals surface area contributed by atoms with Crippen LogP contribution in [0.1, 0.15) is 41.8 Å². The summed E-state index contributed by atoms with van der Waals surface area (Å²) in [6, 6.07) is 3.77. The van der Waals surface area contributed by atoms with E-state index in [1.807, 2.05) is 19.9 Å². The van der Waals surface area contributed by atoms with Crippen molar-refractivity contribution in [1.82, 2.24) is 5.32 Å². The normalized spacial score (nSPS) is 12.6. The lowest BCUT2D eigenvalue weighted by molar-refractivity contribution is -0.156. The third-order valence-corrected chi connectivity index (χ3v) is 3.76. The van der Waals surface area contributed by atoms with E-state index in [-0.39, 0.29) is 13.2 Å². The molecule has 2 amide bonds. The fourth-order valence-corrected chi connectivity index (χ4v) is 2.69. The zero-order chi connectivity index (χ0) is 20.6. The monoisotopic (exact) mass is 378 g/mol. The van der Waals surface area contributed by atoms with E-state index in [9.17, 15) is 19.2 Å². The first-order chi connectivity index (χ1) is 12.7. The van der Waals surface area contributed by atoms with Crippen molar-refractivity contribution in [3.05, 3.63) is 34.9 Å². The topological polar surface area (TPSA) is 125 Å². The summed E-state index contributed by atoms with van der Waals surface area (Å²) < 4.78 is 9.77. The smallest absolute Gasteiger partial charge is 0.312 e. The molecule has 0 aromatic heterocycles. The Hall–Kier alpha value is -2.90. The molecule has 8 heteroatoms. The molecule has 0 bridgehead atoms. The molecule has 8 nitrogen and oxygen atoms in total. The molecule has 0 unspecified atom stereocenters. The van der Waals surface area contributed by atoms with E-state index in [0.717, 1.165) is 11.1 Å². The predicted molar refractivity (Wildman–Crippen MR) is 97.7 cm³/mol. The van der Waals surface area contributed by atoms with Gasteiger partial charge in [0.05, 0.1) is 25.6 Å². The average Bonchev–Trinajstić information content (AvgIpc) is 2.57. The Bertz CT molecular complexity index is 696. The van der Waals surface area contributed by atoms with Crippen molar-refractivity contribution in [2.24, 2.45) is 11.7 Å². The van der Waals surface area contributed by atoms with E-state index in [4.69, 9.17) is 15.2 Å². The molecule has 148 valence electrons. The fraction of sp³-hybridized carbons (Fsp3) is 0.474. The number of rotatable bonds is 9. The summed E-state index contributed by atoms with van der Waals surface area (Å²) in [5, 5.41) is 2.45. The summed E-state index contributed by atoms with van der Waals surface area (Å²) in [5.74, 6) is -4.31. The van der Waals surface area contributed by atoms with Gasteiger partial charge < -0.3 is 20.5 Å². The lowest BCUT2D eigenvalue weighted by Gasteiger charge is -2.23. The first-order valence-corrected chi connectivity index (χ1v) is 8.70. The summed E-state index contributed by atoms with van der Waals surface area (Å²) >= 11 is 0. The quantitative estimate of drug-likeness (QED) is 0.618. The molecule has 0 saturated heterocycles. The summed E-state index contributed by atoms with van der Waals surface area (Å²) in [6.45, 7) is 7.03. The highest BCUT2D eigenvalue weighted by atomic mass is 16.5. The number of hydrogen-bond acceptors (Lipinski definition) is 6. The van der Waals surface area contributed by atoms with Crippen LogP contribution in [-0.2, 0) is 23.9 Å². The molecule has 0 spiro atoms. The number of benzene rings is 1. The van der Waals surface area contributed by atoms with Crippen LogP contribution in [0.5, 0.6) is 0 Å².